The highest BCUT2D eigenvalue weighted by molar-refractivity contribution is 7.97. The Morgan fingerprint density at radius 1 is 1.22 bits per heavy atom. The maximum atomic E-state index is 13.1. The summed E-state index contributed by atoms with van der Waals surface area (Å²) >= 11 is 1.71. The summed E-state index contributed by atoms with van der Waals surface area (Å²) in [5.41, 5.74) is 5.04. The first-order valence-corrected chi connectivity index (χ1v) is 9.48. The molecule has 0 unspecified atom stereocenters. The molecule has 138 valence electrons. The molecule has 2 aromatic carbocycles. The summed E-state index contributed by atoms with van der Waals surface area (Å²) in [6, 6.07) is 10.5. The van der Waals surface area contributed by atoms with Crippen molar-refractivity contribution in [1.82, 2.24) is 14.1 Å². The molecule has 2 heterocycles. The van der Waals surface area contributed by atoms with Crippen LogP contribution in [-0.2, 0) is 20.0 Å². The summed E-state index contributed by atoms with van der Waals surface area (Å²) in [5.74, 6) is -0.260. The first-order chi connectivity index (χ1) is 13.1. The van der Waals surface area contributed by atoms with Gasteiger partial charge in [-0.2, -0.15) is 5.10 Å². The van der Waals surface area contributed by atoms with Gasteiger partial charge in [-0.15, -0.1) is 0 Å². The minimum atomic E-state index is -0.260. The molecule has 0 saturated carbocycles. The molecule has 0 saturated heterocycles. The van der Waals surface area contributed by atoms with E-state index in [-0.39, 0.29) is 5.82 Å². The van der Waals surface area contributed by atoms with Crippen LogP contribution in [0.2, 0.25) is 0 Å². The average Bonchev–Trinajstić information content (AvgIpc) is 3.08. The molecule has 1 aromatic heterocycles. The summed E-state index contributed by atoms with van der Waals surface area (Å²) in [7, 11) is 1.92. The zero-order valence-electron chi connectivity index (χ0n) is 14.9. The topological polar surface area (TPSA) is 56.9 Å². The smallest absolute Gasteiger partial charge is 0.123 e. The molecule has 5 nitrogen and oxygen atoms in total. The monoisotopic (exact) mass is 381 g/mol. The Labute approximate surface area is 161 Å². The lowest BCUT2D eigenvalue weighted by Crippen LogP contribution is -2.25. The van der Waals surface area contributed by atoms with Gasteiger partial charge in [0.15, 0.2) is 0 Å². The van der Waals surface area contributed by atoms with Crippen LogP contribution in [0.5, 0.6) is 0 Å². The highest BCUT2D eigenvalue weighted by atomic mass is 32.2. The van der Waals surface area contributed by atoms with E-state index in [1.54, 1.807) is 28.8 Å². The Bertz CT molecular complexity index is 967. The van der Waals surface area contributed by atoms with E-state index in [4.69, 9.17) is 5.41 Å². The van der Waals surface area contributed by atoms with E-state index in [1.807, 2.05) is 19.4 Å². The highest BCUT2D eigenvalue weighted by Gasteiger charge is 2.19. The van der Waals surface area contributed by atoms with Gasteiger partial charge < -0.3 is 10.7 Å². The van der Waals surface area contributed by atoms with Crippen molar-refractivity contribution in [3.8, 4) is 0 Å². The molecule has 3 aromatic rings. The van der Waals surface area contributed by atoms with E-state index < -0.39 is 0 Å². The minimum absolute atomic E-state index is 0.260. The molecule has 0 amide bonds. The molecule has 1 aliphatic rings. The van der Waals surface area contributed by atoms with E-state index in [0.29, 0.717) is 0 Å². The first-order valence-electron chi connectivity index (χ1n) is 8.71. The van der Waals surface area contributed by atoms with Gasteiger partial charge >= 0.3 is 0 Å². The van der Waals surface area contributed by atoms with Crippen molar-refractivity contribution in [3.63, 3.8) is 0 Å². The normalized spacial score (nSPS) is 14.0. The number of hydrogen-bond acceptors (Lipinski definition) is 5. The second kappa shape index (κ2) is 7.54. The van der Waals surface area contributed by atoms with Crippen molar-refractivity contribution in [2.75, 3.05) is 11.9 Å². The highest BCUT2D eigenvalue weighted by Crippen LogP contribution is 2.32. The number of rotatable bonds is 5. The third-order valence-electron chi connectivity index (χ3n) is 4.54. The molecule has 0 spiro atoms. The summed E-state index contributed by atoms with van der Waals surface area (Å²) in [6.45, 7) is 1.78. The number of aryl methyl sites for hydroxylation is 1. The standard InChI is InChI=1S/C20H20FN5S/c1-25-13-19(11-23-25)27-26-7-6-14-9-20(15(10-22)8-16(14)12-26)24-18-4-2-17(21)3-5-18/h2-5,8-11,13,22,24H,6-7,12H2,1H3. The van der Waals surface area contributed by atoms with Gasteiger partial charge in [0.2, 0.25) is 0 Å². The number of anilines is 2. The molecule has 4 rings (SSSR count). The summed E-state index contributed by atoms with van der Waals surface area (Å²) in [6.07, 6.45) is 6.19. The van der Waals surface area contributed by atoms with Gasteiger partial charge in [0.1, 0.15) is 5.82 Å². The van der Waals surface area contributed by atoms with Gasteiger partial charge in [-0.05, 0) is 65.9 Å². The Morgan fingerprint density at radius 3 is 2.74 bits per heavy atom. The third kappa shape index (κ3) is 4.04. The number of nitrogens with zero attached hydrogens (tertiary/aromatic N) is 3. The maximum absolute atomic E-state index is 13.1. The van der Waals surface area contributed by atoms with Crippen molar-refractivity contribution < 1.29 is 4.39 Å². The van der Waals surface area contributed by atoms with Crippen LogP contribution in [0, 0.1) is 11.2 Å². The van der Waals surface area contributed by atoms with Gasteiger partial charge in [0, 0.05) is 49.5 Å². The molecule has 1 aliphatic heterocycles. The second-order valence-electron chi connectivity index (χ2n) is 6.54. The number of benzene rings is 2. The predicted octanol–water partition coefficient (Wildman–Crippen LogP) is 4.37. The van der Waals surface area contributed by atoms with E-state index in [1.165, 1.54) is 29.5 Å². The molecule has 27 heavy (non-hydrogen) atoms. The molecule has 7 heteroatoms. The summed E-state index contributed by atoms with van der Waals surface area (Å²) in [5, 5.41) is 15.3. The zero-order valence-corrected chi connectivity index (χ0v) is 15.8. The van der Waals surface area contributed by atoms with Crippen LogP contribution < -0.4 is 5.32 Å². The zero-order chi connectivity index (χ0) is 18.8. The number of halogens is 1. The Morgan fingerprint density at radius 2 is 2.04 bits per heavy atom. The number of hydrogen-bond donors (Lipinski definition) is 2. The van der Waals surface area contributed by atoms with Crippen molar-refractivity contribution in [2.45, 2.75) is 17.9 Å². The number of nitrogens with one attached hydrogen (secondary N) is 2. The Kier molecular flexibility index (Phi) is 4.96. The molecule has 0 aliphatic carbocycles. The third-order valence-corrected chi connectivity index (χ3v) is 5.53. The van der Waals surface area contributed by atoms with Crippen LogP contribution in [0.1, 0.15) is 16.7 Å². The lowest BCUT2D eigenvalue weighted by atomic mass is 9.97. The van der Waals surface area contributed by atoms with Crippen LogP contribution in [0.15, 0.2) is 53.7 Å². The summed E-state index contributed by atoms with van der Waals surface area (Å²) in [4.78, 5) is 1.13. The molecular weight excluding hydrogens is 361 g/mol. The van der Waals surface area contributed by atoms with E-state index in [2.05, 4.69) is 26.9 Å². The van der Waals surface area contributed by atoms with Crippen LogP contribution in [0.25, 0.3) is 0 Å². The van der Waals surface area contributed by atoms with Crippen LogP contribution in [0.4, 0.5) is 15.8 Å². The fourth-order valence-corrected chi connectivity index (χ4v) is 4.17. The van der Waals surface area contributed by atoms with Gasteiger partial charge in [0.05, 0.1) is 11.1 Å². The predicted molar refractivity (Wildman–Crippen MR) is 107 cm³/mol. The lowest BCUT2D eigenvalue weighted by molar-refractivity contribution is 0.444. The van der Waals surface area contributed by atoms with Crippen LogP contribution in [-0.4, -0.2) is 26.8 Å². The van der Waals surface area contributed by atoms with Crippen LogP contribution >= 0.6 is 11.9 Å². The quantitative estimate of drug-likeness (QED) is 0.509. The Hall–Kier alpha value is -2.64. The SMILES string of the molecule is Cn1cc(SN2CCc3cc(Nc4ccc(F)cc4)c(C=N)cc3C2)cn1. The maximum Gasteiger partial charge on any atom is 0.123 e. The van der Waals surface area contributed by atoms with E-state index in [0.717, 1.165) is 41.3 Å². The molecule has 0 atom stereocenters. The Balaban J connectivity index is 1.54. The minimum Gasteiger partial charge on any atom is -0.355 e. The van der Waals surface area contributed by atoms with Crippen molar-refractivity contribution in [2.24, 2.45) is 7.05 Å². The van der Waals surface area contributed by atoms with Gasteiger partial charge in [-0.25, -0.2) is 8.70 Å². The molecular formula is C20H20FN5S. The van der Waals surface area contributed by atoms with E-state index in [9.17, 15) is 4.39 Å². The molecule has 0 bridgehead atoms. The molecule has 0 radical (unpaired) electrons. The largest absolute Gasteiger partial charge is 0.355 e. The lowest BCUT2D eigenvalue weighted by Gasteiger charge is -2.28. The van der Waals surface area contributed by atoms with Crippen molar-refractivity contribution in [1.29, 1.82) is 5.41 Å². The van der Waals surface area contributed by atoms with Crippen LogP contribution in [0.3, 0.4) is 0 Å². The number of aromatic nitrogens is 2. The summed E-state index contributed by atoms with van der Waals surface area (Å²) < 4.78 is 17.2. The molecule has 2 N–H and O–H groups in total. The van der Waals surface area contributed by atoms with Crippen molar-refractivity contribution in [3.05, 3.63) is 71.3 Å². The average molecular weight is 381 g/mol. The first kappa shape index (κ1) is 17.8. The van der Waals surface area contributed by atoms with E-state index >= 15 is 0 Å². The van der Waals surface area contributed by atoms with Gasteiger partial charge in [-0.3, -0.25) is 4.68 Å². The fraction of sp³-hybridized carbons (Fsp3) is 0.200. The van der Waals surface area contributed by atoms with Gasteiger partial charge in [-0.1, -0.05) is 0 Å². The number of fused-ring (bicyclic) bond motifs is 1. The van der Waals surface area contributed by atoms with Crippen molar-refractivity contribution >= 4 is 29.5 Å². The molecule has 0 fully saturated rings. The second-order valence-corrected chi connectivity index (χ2v) is 7.71. The fourth-order valence-electron chi connectivity index (χ4n) is 3.19. The van der Waals surface area contributed by atoms with Gasteiger partial charge in [0.25, 0.3) is 0 Å².